The third-order valence-corrected chi connectivity index (χ3v) is 3.40. The van der Waals surface area contributed by atoms with Crippen molar-refractivity contribution >= 4 is 16.0 Å². The molecule has 0 saturated carbocycles. The Labute approximate surface area is 103 Å². The highest BCUT2D eigenvalue weighted by atomic mass is 32.2. The number of nitrogens with zero attached hydrogens (tertiary/aromatic N) is 2. The van der Waals surface area contributed by atoms with Crippen molar-refractivity contribution in [3.05, 3.63) is 24.0 Å². The lowest BCUT2D eigenvalue weighted by molar-refractivity contribution is -0.139. The number of carbonyl (C=O) groups is 1. The summed E-state index contributed by atoms with van der Waals surface area (Å²) in [7, 11) is -4.10. The van der Waals surface area contributed by atoms with Crippen molar-refractivity contribution in [1.29, 1.82) is 5.26 Å². The number of hydrogen-bond donors (Lipinski definition) is 3. The van der Waals surface area contributed by atoms with Gasteiger partial charge >= 0.3 is 5.97 Å². The first-order valence-electron chi connectivity index (χ1n) is 4.63. The number of aliphatic hydroxyl groups excluding tert-OH is 1. The molecule has 0 aliphatic carbocycles. The number of nitriles is 1. The van der Waals surface area contributed by atoms with Gasteiger partial charge in [0.1, 0.15) is 22.7 Å². The Balaban J connectivity index is 2.99. The topological polar surface area (TPSA) is 140 Å². The van der Waals surface area contributed by atoms with Crippen LogP contribution in [0.15, 0.2) is 23.2 Å². The summed E-state index contributed by atoms with van der Waals surface area (Å²) in [5, 5.41) is 25.8. The molecule has 1 aromatic heterocycles. The predicted octanol–water partition coefficient (Wildman–Crippen LogP) is -1.32. The quantitative estimate of drug-likeness (QED) is 0.603. The Kier molecular flexibility index (Phi) is 4.33. The van der Waals surface area contributed by atoms with Crippen molar-refractivity contribution in [3.8, 4) is 6.07 Å². The molecule has 1 aromatic rings. The number of rotatable bonds is 5. The van der Waals surface area contributed by atoms with Gasteiger partial charge in [0.2, 0.25) is 10.0 Å². The molecule has 0 spiro atoms. The van der Waals surface area contributed by atoms with Crippen molar-refractivity contribution in [2.24, 2.45) is 0 Å². The first kappa shape index (κ1) is 14.0. The Hall–Kier alpha value is -2.02. The van der Waals surface area contributed by atoms with Crippen LogP contribution in [0.25, 0.3) is 0 Å². The highest BCUT2D eigenvalue weighted by molar-refractivity contribution is 7.89. The van der Waals surface area contributed by atoms with E-state index in [1.54, 1.807) is 10.8 Å². The Morgan fingerprint density at radius 3 is 2.61 bits per heavy atom. The summed E-state index contributed by atoms with van der Waals surface area (Å²) < 4.78 is 25.2. The number of aliphatic hydroxyl groups is 1. The molecule has 9 heteroatoms. The van der Waals surface area contributed by atoms with Crippen molar-refractivity contribution in [1.82, 2.24) is 9.71 Å². The van der Waals surface area contributed by atoms with E-state index in [0.29, 0.717) is 0 Å². The first-order chi connectivity index (χ1) is 8.40. The van der Waals surface area contributed by atoms with E-state index in [4.69, 9.17) is 15.5 Å². The van der Waals surface area contributed by atoms with Gasteiger partial charge in [-0.25, -0.2) is 13.4 Å². The van der Waals surface area contributed by atoms with E-state index < -0.39 is 28.6 Å². The van der Waals surface area contributed by atoms with Crippen LogP contribution < -0.4 is 4.72 Å². The smallest absolute Gasteiger partial charge is 0.324 e. The van der Waals surface area contributed by atoms with Crippen LogP contribution in [-0.2, 0) is 14.8 Å². The van der Waals surface area contributed by atoms with Gasteiger partial charge in [0.15, 0.2) is 0 Å². The Bertz CT molecular complexity index is 575. The summed E-state index contributed by atoms with van der Waals surface area (Å²) >= 11 is 0. The van der Waals surface area contributed by atoms with E-state index >= 15 is 0 Å². The van der Waals surface area contributed by atoms with Gasteiger partial charge < -0.3 is 10.2 Å². The van der Waals surface area contributed by atoms with Gasteiger partial charge in [-0.3, -0.25) is 4.79 Å². The van der Waals surface area contributed by atoms with Gasteiger partial charge in [-0.05, 0) is 12.1 Å². The highest BCUT2D eigenvalue weighted by Gasteiger charge is 2.24. The standard InChI is InChI=1S/C9H9N3O5S/c10-3-6-1-2-7(4-11-6)18(16,17)12-8(5-13)9(14)15/h1-2,4,8,12-13H,5H2,(H,14,15)/t8-/m0/s1. The minimum Gasteiger partial charge on any atom is -0.480 e. The van der Waals surface area contributed by atoms with Crippen molar-refractivity contribution in [2.75, 3.05) is 6.61 Å². The number of aromatic nitrogens is 1. The fourth-order valence-corrected chi connectivity index (χ4v) is 2.15. The molecule has 0 saturated heterocycles. The summed E-state index contributed by atoms with van der Waals surface area (Å²) in [6, 6.07) is 2.38. The van der Waals surface area contributed by atoms with Gasteiger partial charge in [-0.1, -0.05) is 0 Å². The maximum atomic E-state index is 11.7. The van der Waals surface area contributed by atoms with Crippen LogP contribution in [0.5, 0.6) is 0 Å². The molecular weight excluding hydrogens is 262 g/mol. The van der Waals surface area contributed by atoms with Crippen molar-refractivity contribution < 1.29 is 23.4 Å². The average molecular weight is 271 g/mol. The molecule has 0 fully saturated rings. The van der Waals surface area contributed by atoms with Gasteiger partial charge in [-0.2, -0.15) is 9.98 Å². The van der Waals surface area contributed by atoms with Gasteiger partial charge in [0.05, 0.1) is 6.61 Å². The van der Waals surface area contributed by atoms with Crippen LogP contribution in [0, 0.1) is 11.3 Å². The fraction of sp³-hybridized carbons (Fsp3) is 0.222. The molecular formula is C9H9N3O5S. The van der Waals surface area contributed by atoms with E-state index in [9.17, 15) is 13.2 Å². The van der Waals surface area contributed by atoms with Crippen LogP contribution in [0.1, 0.15) is 5.69 Å². The zero-order valence-corrected chi connectivity index (χ0v) is 9.75. The molecule has 0 amide bonds. The van der Waals surface area contributed by atoms with E-state index in [1.165, 1.54) is 6.07 Å². The molecule has 96 valence electrons. The van der Waals surface area contributed by atoms with Crippen LogP contribution in [-0.4, -0.2) is 42.2 Å². The SMILES string of the molecule is N#Cc1ccc(S(=O)(=O)N[C@@H](CO)C(=O)O)cn1. The molecule has 18 heavy (non-hydrogen) atoms. The predicted molar refractivity (Wildman–Crippen MR) is 57.8 cm³/mol. The average Bonchev–Trinajstić information content (AvgIpc) is 2.35. The largest absolute Gasteiger partial charge is 0.480 e. The minimum absolute atomic E-state index is 0.0332. The molecule has 0 aliphatic rings. The third-order valence-electron chi connectivity index (χ3n) is 1.94. The fourth-order valence-electron chi connectivity index (χ4n) is 1.03. The molecule has 0 aromatic carbocycles. The number of hydrogen-bond acceptors (Lipinski definition) is 6. The molecule has 1 rings (SSSR count). The van der Waals surface area contributed by atoms with E-state index in [0.717, 1.165) is 12.3 Å². The Morgan fingerprint density at radius 2 is 2.22 bits per heavy atom. The molecule has 0 radical (unpaired) electrons. The molecule has 0 bridgehead atoms. The summed E-state index contributed by atoms with van der Waals surface area (Å²) in [4.78, 5) is 13.9. The van der Waals surface area contributed by atoms with E-state index in [-0.39, 0.29) is 10.6 Å². The van der Waals surface area contributed by atoms with Crippen LogP contribution in [0.3, 0.4) is 0 Å². The lowest BCUT2D eigenvalue weighted by atomic mass is 10.3. The molecule has 0 unspecified atom stereocenters. The lowest BCUT2D eigenvalue weighted by Gasteiger charge is -2.11. The van der Waals surface area contributed by atoms with E-state index in [2.05, 4.69) is 4.98 Å². The van der Waals surface area contributed by atoms with Crippen molar-refractivity contribution in [3.63, 3.8) is 0 Å². The van der Waals surface area contributed by atoms with Crippen molar-refractivity contribution in [2.45, 2.75) is 10.9 Å². The van der Waals surface area contributed by atoms with Gasteiger partial charge in [0.25, 0.3) is 0 Å². The normalized spacial score (nSPS) is 12.7. The minimum atomic E-state index is -4.10. The maximum Gasteiger partial charge on any atom is 0.324 e. The molecule has 1 heterocycles. The summed E-state index contributed by atoms with van der Waals surface area (Å²) in [6.45, 7) is -0.877. The van der Waals surface area contributed by atoms with Gasteiger partial charge in [0, 0.05) is 6.20 Å². The molecule has 3 N–H and O–H groups in total. The highest BCUT2D eigenvalue weighted by Crippen LogP contribution is 2.08. The second-order valence-electron chi connectivity index (χ2n) is 3.19. The molecule has 0 aliphatic heterocycles. The number of pyridine rings is 1. The molecule has 8 nitrogen and oxygen atoms in total. The number of carboxylic acid groups (broad SMARTS) is 1. The summed E-state index contributed by atoms with van der Waals surface area (Å²) in [6.07, 6.45) is 0.928. The lowest BCUT2D eigenvalue weighted by Crippen LogP contribution is -2.43. The van der Waals surface area contributed by atoms with Crippen LogP contribution in [0.2, 0.25) is 0 Å². The monoisotopic (exact) mass is 271 g/mol. The first-order valence-corrected chi connectivity index (χ1v) is 6.11. The second kappa shape index (κ2) is 5.54. The number of nitrogens with one attached hydrogen (secondary N) is 1. The second-order valence-corrected chi connectivity index (χ2v) is 4.90. The molecule has 1 atom stereocenters. The summed E-state index contributed by atoms with van der Waals surface area (Å²) in [5.41, 5.74) is 0.0332. The zero-order chi connectivity index (χ0) is 13.8. The summed E-state index contributed by atoms with van der Waals surface area (Å²) in [5.74, 6) is -1.50. The number of aliphatic carboxylic acids is 1. The van der Waals surface area contributed by atoms with Gasteiger partial charge in [-0.15, -0.1) is 0 Å². The number of carboxylic acids is 1. The van der Waals surface area contributed by atoms with E-state index in [1.807, 2.05) is 0 Å². The van der Waals surface area contributed by atoms with Crippen LogP contribution >= 0.6 is 0 Å². The number of sulfonamides is 1. The Morgan fingerprint density at radius 1 is 1.56 bits per heavy atom. The van der Waals surface area contributed by atoms with Crippen LogP contribution in [0.4, 0.5) is 0 Å². The third kappa shape index (κ3) is 3.24. The zero-order valence-electron chi connectivity index (χ0n) is 8.94. The maximum absolute atomic E-state index is 11.7.